The van der Waals surface area contributed by atoms with Crippen LogP contribution >= 0.6 is 0 Å². The van der Waals surface area contributed by atoms with Crippen LogP contribution in [-0.4, -0.2) is 18.0 Å². The largest absolute Gasteiger partial charge is 0.449 e. The summed E-state index contributed by atoms with van der Waals surface area (Å²) in [6.07, 6.45) is 0.420. The van der Waals surface area contributed by atoms with Crippen LogP contribution in [0.2, 0.25) is 0 Å². The minimum Gasteiger partial charge on any atom is -0.449 e. The van der Waals surface area contributed by atoms with E-state index in [2.05, 4.69) is 10.6 Å². The number of carbonyl (C=O) groups is 1. The van der Waals surface area contributed by atoms with Gasteiger partial charge in [0, 0.05) is 18.5 Å². The standard InChI is InChI=1S/C13H19N3O2/c1-13(2,3)16-12(17)6-7-15-9-11-5-4-10(8-14)18-11/h4-5,15H,6-7,9H2,1-3H3,(H,16,17). The average Bonchev–Trinajstić information content (AvgIpc) is 2.70. The second-order valence-corrected chi connectivity index (χ2v) is 5.10. The van der Waals surface area contributed by atoms with Gasteiger partial charge in [-0.3, -0.25) is 4.79 Å². The fourth-order valence-corrected chi connectivity index (χ4v) is 1.43. The lowest BCUT2D eigenvalue weighted by Crippen LogP contribution is -2.41. The molecule has 1 aromatic rings. The molecule has 0 saturated heterocycles. The van der Waals surface area contributed by atoms with Crippen LogP contribution in [0.4, 0.5) is 0 Å². The van der Waals surface area contributed by atoms with Crippen LogP contribution < -0.4 is 10.6 Å². The molecule has 1 rings (SSSR count). The third-order valence-electron chi connectivity index (χ3n) is 2.11. The predicted octanol–water partition coefficient (Wildman–Crippen LogP) is 1.55. The molecule has 5 nitrogen and oxygen atoms in total. The number of rotatable bonds is 5. The minimum absolute atomic E-state index is 0.0205. The lowest BCUT2D eigenvalue weighted by atomic mass is 10.1. The van der Waals surface area contributed by atoms with Gasteiger partial charge in [-0.15, -0.1) is 0 Å². The number of amides is 1. The normalized spacial score (nSPS) is 11.0. The smallest absolute Gasteiger partial charge is 0.221 e. The van der Waals surface area contributed by atoms with Crippen molar-refractivity contribution in [1.29, 1.82) is 5.26 Å². The van der Waals surface area contributed by atoms with Gasteiger partial charge in [0.15, 0.2) is 0 Å². The van der Waals surface area contributed by atoms with E-state index in [1.165, 1.54) is 0 Å². The molecular formula is C13H19N3O2. The summed E-state index contributed by atoms with van der Waals surface area (Å²) in [5, 5.41) is 14.6. The third kappa shape index (κ3) is 5.51. The van der Waals surface area contributed by atoms with Gasteiger partial charge < -0.3 is 15.1 Å². The van der Waals surface area contributed by atoms with Crippen molar-refractivity contribution >= 4 is 5.91 Å². The first kappa shape index (κ1) is 14.3. The number of nitrogens with zero attached hydrogens (tertiary/aromatic N) is 1. The average molecular weight is 249 g/mol. The molecule has 0 aliphatic heterocycles. The number of carbonyl (C=O) groups excluding carboxylic acids is 1. The topological polar surface area (TPSA) is 78.1 Å². The molecule has 0 fully saturated rings. The number of hydrogen-bond donors (Lipinski definition) is 2. The van der Waals surface area contributed by atoms with E-state index >= 15 is 0 Å². The van der Waals surface area contributed by atoms with Gasteiger partial charge in [0.1, 0.15) is 11.8 Å². The fraction of sp³-hybridized carbons (Fsp3) is 0.538. The Morgan fingerprint density at radius 1 is 1.44 bits per heavy atom. The highest BCUT2D eigenvalue weighted by atomic mass is 16.3. The van der Waals surface area contributed by atoms with Crippen molar-refractivity contribution in [2.24, 2.45) is 0 Å². The molecule has 0 radical (unpaired) electrons. The number of hydrogen-bond acceptors (Lipinski definition) is 4. The molecule has 2 N–H and O–H groups in total. The summed E-state index contributed by atoms with van der Waals surface area (Å²) >= 11 is 0. The number of furan rings is 1. The summed E-state index contributed by atoms with van der Waals surface area (Å²) in [5.74, 6) is 1.02. The maximum absolute atomic E-state index is 11.5. The van der Waals surface area contributed by atoms with Crippen LogP contribution in [0, 0.1) is 11.3 Å². The molecule has 1 aromatic heterocycles. The quantitative estimate of drug-likeness (QED) is 0.776. The fourth-order valence-electron chi connectivity index (χ4n) is 1.43. The van der Waals surface area contributed by atoms with Gasteiger partial charge in [-0.25, -0.2) is 0 Å². The van der Waals surface area contributed by atoms with Gasteiger partial charge in [0.2, 0.25) is 11.7 Å². The van der Waals surface area contributed by atoms with Crippen LogP contribution in [0.25, 0.3) is 0 Å². The van der Waals surface area contributed by atoms with Crippen LogP contribution in [0.5, 0.6) is 0 Å². The van der Waals surface area contributed by atoms with E-state index in [1.807, 2.05) is 26.8 Å². The van der Waals surface area contributed by atoms with Crippen molar-refractivity contribution < 1.29 is 9.21 Å². The zero-order valence-corrected chi connectivity index (χ0v) is 11.0. The highest BCUT2D eigenvalue weighted by molar-refractivity contribution is 5.76. The highest BCUT2D eigenvalue weighted by Gasteiger charge is 2.12. The van der Waals surface area contributed by atoms with Crippen molar-refractivity contribution in [2.75, 3.05) is 6.54 Å². The zero-order chi connectivity index (χ0) is 13.6. The van der Waals surface area contributed by atoms with Gasteiger partial charge in [-0.1, -0.05) is 0 Å². The molecule has 5 heteroatoms. The van der Waals surface area contributed by atoms with E-state index in [0.717, 1.165) is 0 Å². The Morgan fingerprint density at radius 3 is 2.72 bits per heavy atom. The molecule has 0 aliphatic rings. The monoisotopic (exact) mass is 249 g/mol. The molecule has 1 amide bonds. The molecule has 98 valence electrons. The second-order valence-electron chi connectivity index (χ2n) is 5.10. The van der Waals surface area contributed by atoms with Gasteiger partial charge >= 0.3 is 0 Å². The first-order chi connectivity index (χ1) is 8.40. The maximum atomic E-state index is 11.5. The SMILES string of the molecule is CC(C)(C)NC(=O)CCNCc1ccc(C#N)o1. The molecule has 0 spiro atoms. The van der Waals surface area contributed by atoms with Crippen molar-refractivity contribution in [3.8, 4) is 6.07 Å². The van der Waals surface area contributed by atoms with Crippen LogP contribution in [0.3, 0.4) is 0 Å². The molecule has 0 aliphatic carbocycles. The van der Waals surface area contributed by atoms with Crippen LogP contribution in [0.1, 0.15) is 38.7 Å². The lowest BCUT2D eigenvalue weighted by molar-refractivity contribution is -0.122. The summed E-state index contributed by atoms with van der Waals surface area (Å²) < 4.78 is 5.20. The molecule has 0 bridgehead atoms. The summed E-state index contributed by atoms with van der Waals surface area (Å²) in [6, 6.07) is 5.30. The molecule has 1 heterocycles. The van der Waals surface area contributed by atoms with E-state index in [9.17, 15) is 4.79 Å². The van der Waals surface area contributed by atoms with E-state index < -0.39 is 0 Å². The molecule has 0 saturated carbocycles. The Bertz CT molecular complexity index is 438. The highest BCUT2D eigenvalue weighted by Crippen LogP contribution is 2.05. The van der Waals surface area contributed by atoms with E-state index in [4.69, 9.17) is 9.68 Å². The molecule has 0 unspecified atom stereocenters. The summed E-state index contributed by atoms with van der Waals surface area (Å²) in [6.45, 7) is 6.94. The Morgan fingerprint density at radius 2 is 2.17 bits per heavy atom. The first-order valence-corrected chi connectivity index (χ1v) is 5.91. The Labute approximate surface area is 107 Å². The first-order valence-electron chi connectivity index (χ1n) is 5.91. The summed E-state index contributed by atoms with van der Waals surface area (Å²) in [5.41, 5.74) is -0.195. The lowest BCUT2D eigenvalue weighted by Gasteiger charge is -2.20. The maximum Gasteiger partial charge on any atom is 0.221 e. The van der Waals surface area contributed by atoms with Crippen molar-refractivity contribution in [2.45, 2.75) is 39.3 Å². The summed E-state index contributed by atoms with van der Waals surface area (Å²) in [7, 11) is 0. The van der Waals surface area contributed by atoms with Gasteiger partial charge in [0.25, 0.3) is 0 Å². The van der Waals surface area contributed by atoms with Crippen molar-refractivity contribution in [1.82, 2.24) is 10.6 Å². The van der Waals surface area contributed by atoms with E-state index in [-0.39, 0.29) is 11.4 Å². The van der Waals surface area contributed by atoms with Crippen LogP contribution in [-0.2, 0) is 11.3 Å². The minimum atomic E-state index is -0.195. The molecule has 0 aromatic carbocycles. The molecular weight excluding hydrogens is 230 g/mol. The van der Waals surface area contributed by atoms with Gasteiger partial charge in [-0.05, 0) is 32.9 Å². The van der Waals surface area contributed by atoms with Gasteiger partial charge in [-0.2, -0.15) is 5.26 Å². The van der Waals surface area contributed by atoms with E-state index in [0.29, 0.717) is 31.0 Å². The van der Waals surface area contributed by atoms with Crippen LogP contribution in [0.15, 0.2) is 16.5 Å². The van der Waals surface area contributed by atoms with Crippen molar-refractivity contribution in [3.63, 3.8) is 0 Å². The Balaban J connectivity index is 2.19. The molecule has 18 heavy (non-hydrogen) atoms. The Kier molecular flexibility index (Phi) is 4.93. The van der Waals surface area contributed by atoms with Gasteiger partial charge in [0.05, 0.1) is 6.54 Å². The molecule has 0 atom stereocenters. The van der Waals surface area contributed by atoms with Crippen molar-refractivity contribution in [3.05, 3.63) is 23.7 Å². The number of nitrogens with one attached hydrogen (secondary N) is 2. The summed E-state index contributed by atoms with van der Waals surface area (Å²) in [4.78, 5) is 11.5. The Hall–Kier alpha value is -1.80. The zero-order valence-electron chi connectivity index (χ0n) is 11.0. The number of nitriles is 1. The second kappa shape index (κ2) is 6.22. The van der Waals surface area contributed by atoms with E-state index in [1.54, 1.807) is 12.1 Å². The predicted molar refractivity (Wildman–Crippen MR) is 67.6 cm³/mol. The third-order valence-corrected chi connectivity index (χ3v) is 2.11.